The minimum absolute atomic E-state index is 0.0968. The predicted octanol–water partition coefficient (Wildman–Crippen LogP) is 2.28. The van der Waals surface area contributed by atoms with Crippen molar-refractivity contribution in [2.75, 3.05) is 31.2 Å². The number of nitrogens with one attached hydrogen (secondary N) is 1. The molecule has 0 bridgehead atoms. The second-order valence-electron chi connectivity index (χ2n) is 4.67. The van der Waals surface area contributed by atoms with E-state index >= 15 is 0 Å². The molecule has 0 aromatic carbocycles. The zero-order valence-electron chi connectivity index (χ0n) is 11.7. The number of carbonyl (C=O) groups is 1. The van der Waals surface area contributed by atoms with E-state index in [1.165, 1.54) is 12.3 Å². The topological polar surface area (TPSA) is 54.5 Å². The molecule has 0 saturated carbocycles. The quantitative estimate of drug-likeness (QED) is 0.917. The van der Waals surface area contributed by atoms with Crippen molar-refractivity contribution in [3.8, 4) is 5.88 Å². The molecule has 0 unspecified atom stereocenters. The smallest absolute Gasteiger partial charge is 0.422 e. The Morgan fingerprint density at radius 3 is 2.68 bits per heavy atom. The van der Waals surface area contributed by atoms with Gasteiger partial charge in [-0.05, 0) is 5.56 Å². The third-order valence-corrected chi connectivity index (χ3v) is 3.87. The number of thioether (sulfide) groups is 1. The first-order chi connectivity index (χ1) is 10.4. The SMILES string of the molecule is O=C(NCc1ccc(OCC(F)(F)F)nc1)N1CCSCC1. The summed E-state index contributed by atoms with van der Waals surface area (Å²) in [4.78, 5) is 17.4. The van der Waals surface area contributed by atoms with E-state index in [0.29, 0.717) is 5.56 Å². The molecular formula is C13H16F3N3O2S. The monoisotopic (exact) mass is 335 g/mol. The molecule has 2 amide bonds. The van der Waals surface area contributed by atoms with E-state index in [2.05, 4.69) is 15.0 Å². The van der Waals surface area contributed by atoms with E-state index in [1.807, 2.05) is 11.8 Å². The number of amides is 2. The Labute approximate surface area is 130 Å². The molecule has 1 N–H and O–H groups in total. The highest BCUT2D eigenvalue weighted by Gasteiger charge is 2.28. The number of halogens is 3. The Kier molecular flexibility index (Phi) is 5.76. The lowest BCUT2D eigenvalue weighted by Crippen LogP contribution is -2.44. The first-order valence-electron chi connectivity index (χ1n) is 6.69. The van der Waals surface area contributed by atoms with E-state index in [0.717, 1.165) is 24.6 Å². The van der Waals surface area contributed by atoms with Gasteiger partial charge >= 0.3 is 12.2 Å². The standard InChI is InChI=1S/C13H16F3N3O2S/c14-13(15,16)9-21-11-2-1-10(7-17-11)8-18-12(20)19-3-5-22-6-4-19/h1-2,7H,3-6,8-9H2,(H,18,20). The van der Waals surface area contributed by atoms with Gasteiger partial charge < -0.3 is 15.0 Å². The summed E-state index contributed by atoms with van der Waals surface area (Å²) in [6, 6.07) is 2.79. The summed E-state index contributed by atoms with van der Waals surface area (Å²) >= 11 is 1.81. The number of hydrogen-bond acceptors (Lipinski definition) is 4. The molecule has 2 heterocycles. The van der Waals surface area contributed by atoms with Crippen molar-refractivity contribution < 1.29 is 22.7 Å². The highest BCUT2D eigenvalue weighted by molar-refractivity contribution is 7.99. The van der Waals surface area contributed by atoms with Crippen LogP contribution in [0.1, 0.15) is 5.56 Å². The minimum atomic E-state index is -4.39. The zero-order chi connectivity index (χ0) is 16.0. The fourth-order valence-corrected chi connectivity index (χ4v) is 2.72. The normalized spacial score (nSPS) is 15.5. The number of aromatic nitrogens is 1. The average Bonchev–Trinajstić information content (AvgIpc) is 2.52. The molecule has 0 spiro atoms. The molecule has 1 aliphatic rings. The van der Waals surface area contributed by atoms with E-state index in [-0.39, 0.29) is 18.5 Å². The lowest BCUT2D eigenvalue weighted by Gasteiger charge is -2.26. The van der Waals surface area contributed by atoms with E-state index in [9.17, 15) is 18.0 Å². The van der Waals surface area contributed by atoms with Crippen LogP contribution in [0.2, 0.25) is 0 Å². The minimum Gasteiger partial charge on any atom is -0.468 e. The number of hydrogen-bond donors (Lipinski definition) is 1. The molecule has 0 radical (unpaired) electrons. The number of nitrogens with zero attached hydrogens (tertiary/aromatic N) is 2. The molecule has 22 heavy (non-hydrogen) atoms. The van der Waals surface area contributed by atoms with Gasteiger partial charge in [0.2, 0.25) is 5.88 Å². The molecule has 1 saturated heterocycles. The molecule has 0 aliphatic carbocycles. The summed E-state index contributed by atoms with van der Waals surface area (Å²) in [5.41, 5.74) is 0.694. The Bertz CT molecular complexity index is 490. The van der Waals surface area contributed by atoms with Gasteiger partial charge in [-0.2, -0.15) is 24.9 Å². The van der Waals surface area contributed by atoms with Gasteiger partial charge in [-0.15, -0.1) is 0 Å². The molecule has 5 nitrogen and oxygen atoms in total. The lowest BCUT2D eigenvalue weighted by molar-refractivity contribution is -0.154. The molecule has 122 valence electrons. The average molecular weight is 335 g/mol. The summed E-state index contributed by atoms with van der Waals surface area (Å²) in [5.74, 6) is 1.76. The highest BCUT2D eigenvalue weighted by Crippen LogP contribution is 2.17. The van der Waals surface area contributed by atoms with Gasteiger partial charge in [0.1, 0.15) is 0 Å². The van der Waals surface area contributed by atoms with Crippen LogP contribution >= 0.6 is 11.8 Å². The Balaban J connectivity index is 1.77. The largest absolute Gasteiger partial charge is 0.468 e. The second kappa shape index (κ2) is 7.57. The molecule has 9 heteroatoms. The molecule has 1 aliphatic heterocycles. The van der Waals surface area contributed by atoms with Crippen LogP contribution in [0.3, 0.4) is 0 Å². The van der Waals surface area contributed by atoms with Gasteiger partial charge in [-0.1, -0.05) is 6.07 Å². The molecule has 1 aromatic rings. The maximum atomic E-state index is 12.0. The van der Waals surface area contributed by atoms with E-state index < -0.39 is 12.8 Å². The zero-order valence-corrected chi connectivity index (χ0v) is 12.5. The highest BCUT2D eigenvalue weighted by atomic mass is 32.2. The fraction of sp³-hybridized carbons (Fsp3) is 0.538. The van der Waals surface area contributed by atoms with Crippen LogP contribution in [-0.4, -0.2) is 53.3 Å². The maximum absolute atomic E-state index is 12.0. The van der Waals surface area contributed by atoms with Crippen molar-refractivity contribution in [3.05, 3.63) is 23.9 Å². The summed E-state index contributed by atoms with van der Waals surface area (Å²) in [7, 11) is 0. The Hall–Kier alpha value is -1.64. The van der Waals surface area contributed by atoms with Gasteiger partial charge in [-0.3, -0.25) is 0 Å². The van der Waals surface area contributed by atoms with E-state index in [4.69, 9.17) is 0 Å². The van der Waals surface area contributed by atoms with Crippen LogP contribution in [0.4, 0.5) is 18.0 Å². The van der Waals surface area contributed by atoms with Crippen LogP contribution in [-0.2, 0) is 6.54 Å². The number of carbonyl (C=O) groups excluding carboxylic acids is 1. The number of pyridine rings is 1. The van der Waals surface area contributed by atoms with Crippen molar-refractivity contribution in [1.82, 2.24) is 15.2 Å². The molecule has 1 fully saturated rings. The Morgan fingerprint density at radius 1 is 1.36 bits per heavy atom. The van der Waals surface area contributed by atoms with Crippen molar-refractivity contribution >= 4 is 17.8 Å². The van der Waals surface area contributed by atoms with Crippen molar-refractivity contribution in [1.29, 1.82) is 0 Å². The second-order valence-corrected chi connectivity index (χ2v) is 5.89. The molecular weight excluding hydrogens is 319 g/mol. The van der Waals surface area contributed by atoms with Crippen molar-refractivity contribution in [2.45, 2.75) is 12.7 Å². The third kappa shape index (κ3) is 5.63. The predicted molar refractivity (Wildman–Crippen MR) is 76.9 cm³/mol. The van der Waals surface area contributed by atoms with Crippen LogP contribution < -0.4 is 10.1 Å². The number of ether oxygens (including phenoxy) is 1. The van der Waals surface area contributed by atoms with Crippen LogP contribution in [0.25, 0.3) is 0 Å². The summed E-state index contributed by atoms with van der Waals surface area (Å²) < 4.78 is 40.5. The summed E-state index contributed by atoms with van der Waals surface area (Å²) in [5, 5.41) is 2.76. The molecule has 1 aromatic heterocycles. The summed E-state index contributed by atoms with van der Waals surface area (Å²) in [6.45, 7) is 0.343. The van der Waals surface area contributed by atoms with Crippen LogP contribution in [0, 0.1) is 0 Å². The molecule has 0 atom stereocenters. The first-order valence-corrected chi connectivity index (χ1v) is 7.84. The lowest BCUT2D eigenvalue weighted by atomic mass is 10.3. The Morgan fingerprint density at radius 2 is 2.09 bits per heavy atom. The van der Waals surface area contributed by atoms with E-state index in [1.54, 1.807) is 11.0 Å². The fourth-order valence-electron chi connectivity index (χ4n) is 1.81. The van der Waals surface area contributed by atoms with Gasteiger partial charge in [0.05, 0.1) is 0 Å². The van der Waals surface area contributed by atoms with Crippen LogP contribution in [0.15, 0.2) is 18.3 Å². The number of urea groups is 1. The van der Waals surface area contributed by atoms with Crippen molar-refractivity contribution in [3.63, 3.8) is 0 Å². The maximum Gasteiger partial charge on any atom is 0.422 e. The summed E-state index contributed by atoms with van der Waals surface area (Å²) in [6.07, 6.45) is -3.00. The van der Waals surface area contributed by atoms with Gasteiger partial charge in [0.15, 0.2) is 6.61 Å². The first kappa shape index (κ1) is 16.7. The van der Waals surface area contributed by atoms with Crippen LogP contribution in [0.5, 0.6) is 5.88 Å². The van der Waals surface area contributed by atoms with Gasteiger partial charge in [-0.25, -0.2) is 9.78 Å². The third-order valence-electron chi connectivity index (χ3n) is 2.92. The van der Waals surface area contributed by atoms with Crippen molar-refractivity contribution in [2.24, 2.45) is 0 Å². The van der Waals surface area contributed by atoms with Gasteiger partial charge in [0, 0.05) is 43.4 Å². The van der Waals surface area contributed by atoms with Gasteiger partial charge in [0.25, 0.3) is 0 Å². The molecule has 2 rings (SSSR count). The number of alkyl halides is 3. The number of rotatable bonds is 4.